The zero-order chi connectivity index (χ0) is 20.9. The van der Waals surface area contributed by atoms with Crippen molar-refractivity contribution < 1.29 is 4.79 Å². The number of nitrogens with zero attached hydrogens (tertiary/aromatic N) is 1. The predicted molar refractivity (Wildman–Crippen MR) is 125 cm³/mol. The first-order chi connectivity index (χ1) is 15.3. The van der Waals surface area contributed by atoms with Gasteiger partial charge in [0.1, 0.15) is 0 Å². The molecule has 0 bridgehead atoms. The van der Waals surface area contributed by atoms with E-state index < -0.39 is 0 Å². The minimum absolute atomic E-state index is 0.0296. The highest BCUT2D eigenvalue weighted by Gasteiger charge is 2.36. The molecule has 2 aliphatic carbocycles. The molecule has 0 saturated heterocycles. The van der Waals surface area contributed by atoms with Gasteiger partial charge in [0.05, 0.1) is 12.6 Å². The fourth-order valence-corrected chi connectivity index (χ4v) is 5.22. The van der Waals surface area contributed by atoms with Gasteiger partial charge in [0, 0.05) is 5.69 Å². The van der Waals surface area contributed by atoms with Crippen molar-refractivity contribution in [2.75, 3.05) is 11.4 Å². The number of hydrogen-bond acceptors (Lipinski definition) is 2. The summed E-state index contributed by atoms with van der Waals surface area (Å²) < 4.78 is 0. The van der Waals surface area contributed by atoms with Gasteiger partial charge < -0.3 is 5.73 Å². The second-order valence-electron chi connectivity index (χ2n) is 8.22. The molecule has 0 atom stereocenters. The van der Waals surface area contributed by atoms with Crippen molar-refractivity contribution in [3.8, 4) is 22.3 Å². The van der Waals surface area contributed by atoms with E-state index in [0.29, 0.717) is 0 Å². The largest absolute Gasteiger partial charge is 0.322 e. The van der Waals surface area contributed by atoms with E-state index in [2.05, 4.69) is 78.9 Å². The zero-order valence-electron chi connectivity index (χ0n) is 17.1. The van der Waals surface area contributed by atoms with Gasteiger partial charge in [-0.3, -0.25) is 9.69 Å². The summed E-state index contributed by atoms with van der Waals surface area (Å²) in [7, 11) is 0. The number of hydrogen-bond donors (Lipinski definition) is 1. The summed E-state index contributed by atoms with van der Waals surface area (Å²) in [5, 5.41) is 0. The number of nitrogens with two attached hydrogens (primary N) is 1. The summed E-state index contributed by atoms with van der Waals surface area (Å²) >= 11 is 0. The van der Waals surface area contributed by atoms with Gasteiger partial charge in [-0.25, -0.2) is 0 Å². The van der Waals surface area contributed by atoms with Crippen molar-refractivity contribution >= 4 is 11.6 Å². The Morgan fingerprint density at radius 1 is 0.742 bits per heavy atom. The molecule has 4 aromatic rings. The minimum Gasteiger partial charge on any atom is -0.322 e. The summed E-state index contributed by atoms with van der Waals surface area (Å²) in [5.74, 6) is -0.0769. The molecule has 0 spiro atoms. The molecule has 0 fully saturated rings. The quantitative estimate of drug-likeness (QED) is 0.444. The highest BCUT2D eigenvalue weighted by Crippen LogP contribution is 2.48. The van der Waals surface area contributed by atoms with Crippen molar-refractivity contribution in [1.82, 2.24) is 0 Å². The number of rotatable bonds is 3. The Bertz CT molecular complexity index is 1290. The van der Waals surface area contributed by atoms with Crippen LogP contribution in [0.5, 0.6) is 0 Å². The third-order valence-corrected chi connectivity index (χ3v) is 6.56. The Morgan fingerprint density at radius 3 is 2.00 bits per heavy atom. The third kappa shape index (κ3) is 2.67. The fraction of sp³-hybridized carbons (Fsp3) is 0.107. The van der Waals surface area contributed by atoms with Crippen LogP contribution < -0.4 is 10.6 Å². The number of carbonyl (C=O) groups excluding carboxylic acids is 1. The molecular weight excluding hydrogens is 380 g/mol. The predicted octanol–water partition coefficient (Wildman–Crippen LogP) is 5.32. The molecule has 2 aliphatic rings. The van der Waals surface area contributed by atoms with Crippen LogP contribution in [0.1, 0.15) is 28.3 Å². The van der Waals surface area contributed by atoms with E-state index in [9.17, 15) is 4.79 Å². The smallest absolute Gasteiger partial charge is 0.241 e. The molecule has 1 amide bonds. The van der Waals surface area contributed by atoms with E-state index in [-0.39, 0.29) is 18.5 Å². The molecule has 150 valence electrons. The maximum atomic E-state index is 13.2. The Balaban J connectivity index is 1.51. The highest BCUT2D eigenvalue weighted by molar-refractivity contribution is 5.99. The molecule has 0 heterocycles. The Kier molecular flexibility index (Phi) is 4.05. The van der Waals surface area contributed by atoms with Gasteiger partial charge in [0.25, 0.3) is 0 Å². The Hall–Kier alpha value is -3.69. The zero-order valence-corrected chi connectivity index (χ0v) is 17.1. The molecule has 31 heavy (non-hydrogen) atoms. The van der Waals surface area contributed by atoms with Crippen LogP contribution in [-0.4, -0.2) is 12.5 Å². The molecule has 2 N–H and O–H groups in total. The van der Waals surface area contributed by atoms with E-state index in [1.165, 1.54) is 33.4 Å². The molecule has 4 aromatic carbocycles. The van der Waals surface area contributed by atoms with Crippen LogP contribution in [-0.2, 0) is 11.2 Å². The average molecular weight is 402 g/mol. The van der Waals surface area contributed by atoms with Crippen LogP contribution in [0.2, 0.25) is 0 Å². The van der Waals surface area contributed by atoms with Crippen LogP contribution in [0.25, 0.3) is 22.3 Å². The number of amides is 1. The lowest BCUT2D eigenvalue weighted by Crippen LogP contribution is -2.39. The first-order valence-corrected chi connectivity index (χ1v) is 10.7. The van der Waals surface area contributed by atoms with Crippen molar-refractivity contribution in [3.63, 3.8) is 0 Å². The van der Waals surface area contributed by atoms with Crippen molar-refractivity contribution in [3.05, 3.63) is 113 Å². The molecular formula is C28H22N2O. The number of anilines is 1. The van der Waals surface area contributed by atoms with Crippen LogP contribution in [0, 0.1) is 0 Å². The molecule has 0 radical (unpaired) electrons. The van der Waals surface area contributed by atoms with Crippen molar-refractivity contribution in [1.29, 1.82) is 0 Å². The number of benzene rings is 4. The molecule has 3 nitrogen and oxygen atoms in total. The van der Waals surface area contributed by atoms with Gasteiger partial charge in [0.15, 0.2) is 0 Å². The summed E-state index contributed by atoms with van der Waals surface area (Å²) in [4.78, 5) is 15.1. The summed E-state index contributed by atoms with van der Waals surface area (Å²) in [6.07, 6.45) is 0.891. The lowest BCUT2D eigenvalue weighted by atomic mass is 10.0. The van der Waals surface area contributed by atoms with E-state index in [4.69, 9.17) is 5.73 Å². The van der Waals surface area contributed by atoms with E-state index in [0.717, 1.165) is 23.2 Å². The standard InChI is InChI=1S/C28H22N2O/c29-17-27(31)30(20-13-14-22-19(16-20)15-18-7-1-2-8-21(18)22)28-25-11-5-3-9-23(25)24-10-4-6-12-26(24)28/h1-14,16,28H,15,17,29H2. The fourth-order valence-electron chi connectivity index (χ4n) is 5.22. The molecule has 0 unspecified atom stereocenters. The van der Waals surface area contributed by atoms with E-state index in [1.807, 2.05) is 17.0 Å². The normalized spacial score (nSPS) is 13.3. The van der Waals surface area contributed by atoms with Crippen LogP contribution in [0.4, 0.5) is 5.69 Å². The first-order valence-electron chi connectivity index (χ1n) is 10.7. The maximum Gasteiger partial charge on any atom is 0.241 e. The second kappa shape index (κ2) is 6.93. The van der Waals surface area contributed by atoms with Gasteiger partial charge in [0.2, 0.25) is 5.91 Å². The molecule has 0 saturated carbocycles. The van der Waals surface area contributed by atoms with E-state index >= 15 is 0 Å². The minimum atomic E-state index is -0.176. The van der Waals surface area contributed by atoms with Gasteiger partial charge in [-0.1, -0.05) is 78.9 Å². The van der Waals surface area contributed by atoms with Gasteiger partial charge in [-0.2, -0.15) is 0 Å². The van der Waals surface area contributed by atoms with Gasteiger partial charge in [-0.15, -0.1) is 0 Å². The summed E-state index contributed by atoms with van der Waals surface area (Å²) in [6, 6.07) is 31.5. The molecule has 0 aromatic heterocycles. The van der Waals surface area contributed by atoms with Crippen LogP contribution in [0.15, 0.2) is 91.0 Å². The second-order valence-corrected chi connectivity index (χ2v) is 8.22. The van der Waals surface area contributed by atoms with Crippen molar-refractivity contribution in [2.24, 2.45) is 5.73 Å². The van der Waals surface area contributed by atoms with Gasteiger partial charge in [-0.05, 0) is 63.1 Å². The molecule has 0 aliphatic heterocycles. The Morgan fingerprint density at radius 2 is 1.32 bits per heavy atom. The molecule has 6 rings (SSSR count). The summed E-state index contributed by atoms with van der Waals surface area (Å²) in [5.41, 5.74) is 16.6. The van der Waals surface area contributed by atoms with Crippen LogP contribution >= 0.6 is 0 Å². The SMILES string of the molecule is NCC(=O)N(c1ccc2c(c1)Cc1ccccc1-2)C1c2ccccc2-c2ccccc21. The third-order valence-electron chi connectivity index (χ3n) is 6.56. The van der Waals surface area contributed by atoms with E-state index in [1.54, 1.807) is 0 Å². The van der Waals surface area contributed by atoms with Gasteiger partial charge >= 0.3 is 0 Å². The average Bonchev–Trinajstić information content (AvgIpc) is 3.35. The number of fused-ring (bicyclic) bond motifs is 6. The lowest BCUT2D eigenvalue weighted by Gasteiger charge is -2.31. The van der Waals surface area contributed by atoms with Crippen LogP contribution in [0.3, 0.4) is 0 Å². The number of carbonyl (C=O) groups is 1. The maximum absolute atomic E-state index is 13.2. The first kappa shape index (κ1) is 18.1. The Labute approximate surface area is 181 Å². The van der Waals surface area contributed by atoms with Crippen molar-refractivity contribution in [2.45, 2.75) is 12.5 Å². The lowest BCUT2D eigenvalue weighted by molar-refractivity contribution is -0.117. The monoisotopic (exact) mass is 402 g/mol. The topological polar surface area (TPSA) is 46.3 Å². The molecule has 3 heteroatoms. The summed E-state index contributed by atoms with van der Waals surface area (Å²) in [6.45, 7) is -0.0296. The highest BCUT2D eigenvalue weighted by atomic mass is 16.2.